The summed E-state index contributed by atoms with van der Waals surface area (Å²) in [5.74, 6) is 0.295. The maximum atomic E-state index is 11.4. The first-order chi connectivity index (χ1) is 10.1. The normalized spacial score (nSPS) is 18.4. The van der Waals surface area contributed by atoms with Crippen molar-refractivity contribution in [3.63, 3.8) is 0 Å². The minimum atomic E-state index is -0.638. The highest BCUT2D eigenvalue weighted by molar-refractivity contribution is 5.74. The molecule has 0 amide bonds. The summed E-state index contributed by atoms with van der Waals surface area (Å²) in [7, 11) is 0. The lowest BCUT2D eigenvalue weighted by Gasteiger charge is -2.38. The fourth-order valence-corrected chi connectivity index (χ4v) is 2.93. The van der Waals surface area contributed by atoms with Crippen LogP contribution >= 0.6 is 0 Å². The van der Waals surface area contributed by atoms with Crippen molar-refractivity contribution in [2.75, 3.05) is 26.2 Å². The van der Waals surface area contributed by atoms with Gasteiger partial charge >= 0.3 is 5.97 Å². The lowest BCUT2D eigenvalue weighted by atomic mass is 9.76. The molecule has 0 unspecified atom stereocenters. The first kappa shape index (κ1) is 15.8. The lowest BCUT2D eigenvalue weighted by Crippen LogP contribution is -2.45. The molecular weight excluding hydrogens is 266 g/mol. The SMILES string of the molecule is CCC1(C(=O)O)CCN(CCOc2ccccc2C)CC1. The Hall–Kier alpha value is -1.55. The van der Waals surface area contributed by atoms with Crippen molar-refractivity contribution in [3.05, 3.63) is 29.8 Å². The van der Waals surface area contributed by atoms with Crippen molar-refractivity contribution in [1.82, 2.24) is 4.90 Å². The average Bonchev–Trinajstić information content (AvgIpc) is 2.50. The topological polar surface area (TPSA) is 49.8 Å². The third kappa shape index (κ3) is 3.76. The molecule has 1 saturated heterocycles. The summed E-state index contributed by atoms with van der Waals surface area (Å²) in [5.41, 5.74) is 0.639. The fourth-order valence-electron chi connectivity index (χ4n) is 2.93. The molecule has 0 aromatic heterocycles. The molecule has 0 atom stereocenters. The number of benzene rings is 1. The second-order valence-corrected chi connectivity index (χ2v) is 5.89. The number of carboxylic acid groups (broad SMARTS) is 1. The molecule has 4 heteroatoms. The van der Waals surface area contributed by atoms with E-state index in [1.165, 1.54) is 0 Å². The van der Waals surface area contributed by atoms with Crippen LogP contribution in [0.5, 0.6) is 5.75 Å². The van der Waals surface area contributed by atoms with Crippen molar-refractivity contribution in [2.45, 2.75) is 33.1 Å². The van der Waals surface area contributed by atoms with E-state index in [1.54, 1.807) is 0 Å². The molecule has 116 valence electrons. The van der Waals surface area contributed by atoms with E-state index in [0.29, 0.717) is 6.61 Å². The van der Waals surface area contributed by atoms with E-state index in [0.717, 1.165) is 50.2 Å². The zero-order valence-corrected chi connectivity index (χ0v) is 13.0. The zero-order valence-electron chi connectivity index (χ0n) is 13.0. The van der Waals surface area contributed by atoms with Crippen LogP contribution in [0.1, 0.15) is 31.7 Å². The molecule has 0 saturated carbocycles. The van der Waals surface area contributed by atoms with Gasteiger partial charge in [-0.2, -0.15) is 0 Å². The first-order valence-corrected chi connectivity index (χ1v) is 7.71. The van der Waals surface area contributed by atoms with Gasteiger partial charge in [0, 0.05) is 6.54 Å². The molecule has 0 bridgehead atoms. The number of likely N-dealkylation sites (tertiary alicyclic amines) is 1. The Morgan fingerprint density at radius 1 is 1.33 bits per heavy atom. The second-order valence-electron chi connectivity index (χ2n) is 5.89. The third-order valence-electron chi connectivity index (χ3n) is 4.70. The molecule has 0 aliphatic carbocycles. The van der Waals surface area contributed by atoms with Crippen LogP contribution in [0.3, 0.4) is 0 Å². The van der Waals surface area contributed by atoms with Crippen LogP contribution in [0.15, 0.2) is 24.3 Å². The highest BCUT2D eigenvalue weighted by atomic mass is 16.5. The quantitative estimate of drug-likeness (QED) is 0.875. The summed E-state index contributed by atoms with van der Waals surface area (Å²) < 4.78 is 5.81. The first-order valence-electron chi connectivity index (χ1n) is 7.71. The predicted octanol–water partition coefficient (Wildman–Crippen LogP) is 2.95. The highest BCUT2D eigenvalue weighted by Gasteiger charge is 2.39. The van der Waals surface area contributed by atoms with Crippen LogP contribution in [0, 0.1) is 12.3 Å². The summed E-state index contributed by atoms with van der Waals surface area (Å²) in [6.45, 7) is 7.21. The second kappa shape index (κ2) is 6.94. The minimum absolute atomic E-state index is 0.507. The molecule has 0 radical (unpaired) electrons. The number of aliphatic carboxylic acids is 1. The van der Waals surface area contributed by atoms with Gasteiger partial charge in [-0.05, 0) is 50.9 Å². The molecule has 1 fully saturated rings. The number of ether oxygens (including phenoxy) is 1. The van der Waals surface area contributed by atoms with Crippen LogP contribution in [-0.2, 0) is 4.79 Å². The largest absolute Gasteiger partial charge is 0.492 e. The van der Waals surface area contributed by atoms with E-state index in [2.05, 4.69) is 4.90 Å². The number of piperidine rings is 1. The van der Waals surface area contributed by atoms with Gasteiger partial charge in [0.2, 0.25) is 0 Å². The van der Waals surface area contributed by atoms with Gasteiger partial charge in [0.25, 0.3) is 0 Å². The molecule has 1 aliphatic rings. The number of para-hydroxylation sites is 1. The smallest absolute Gasteiger partial charge is 0.309 e. The summed E-state index contributed by atoms with van der Waals surface area (Å²) in [4.78, 5) is 13.7. The Balaban J connectivity index is 1.77. The fraction of sp³-hybridized carbons (Fsp3) is 0.588. The Bertz CT molecular complexity index is 479. The third-order valence-corrected chi connectivity index (χ3v) is 4.70. The van der Waals surface area contributed by atoms with E-state index < -0.39 is 11.4 Å². The van der Waals surface area contributed by atoms with Crippen LogP contribution in [0.4, 0.5) is 0 Å². The van der Waals surface area contributed by atoms with Crippen LogP contribution < -0.4 is 4.74 Å². The number of carbonyl (C=O) groups is 1. The summed E-state index contributed by atoms with van der Waals surface area (Å²) in [5, 5.41) is 9.39. The van der Waals surface area contributed by atoms with Gasteiger partial charge in [-0.15, -0.1) is 0 Å². The number of aryl methyl sites for hydroxylation is 1. The van der Waals surface area contributed by atoms with Gasteiger partial charge in [0.1, 0.15) is 12.4 Å². The molecular formula is C17H25NO3. The van der Waals surface area contributed by atoms with E-state index in [4.69, 9.17) is 4.74 Å². The summed E-state index contributed by atoms with van der Waals surface area (Å²) >= 11 is 0. The number of rotatable bonds is 6. The number of carboxylic acids is 1. The minimum Gasteiger partial charge on any atom is -0.492 e. The van der Waals surface area contributed by atoms with Crippen molar-refractivity contribution in [1.29, 1.82) is 0 Å². The highest BCUT2D eigenvalue weighted by Crippen LogP contribution is 2.34. The van der Waals surface area contributed by atoms with Gasteiger partial charge in [0.15, 0.2) is 0 Å². The standard InChI is InChI=1S/C17H25NO3/c1-3-17(16(19)20)8-10-18(11-9-17)12-13-21-15-7-5-4-6-14(15)2/h4-7H,3,8-13H2,1-2H3,(H,19,20). The molecule has 21 heavy (non-hydrogen) atoms. The van der Waals surface area contributed by atoms with Gasteiger partial charge in [-0.25, -0.2) is 0 Å². The van der Waals surface area contributed by atoms with Crippen LogP contribution in [-0.4, -0.2) is 42.2 Å². The Morgan fingerprint density at radius 2 is 2.00 bits per heavy atom. The number of hydrogen-bond acceptors (Lipinski definition) is 3. The van der Waals surface area contributed by atoms with E-state index >= 15 is 0 Å². The van der Waals surface area contributed by atoms with Gasteiger partial charge < -0.3 is 9.84 Å². The molecule has 1 N–H and O–H groups in total. The monoisotopic (exact) mass is 291 g/mol. The predicted molar refractivity (Wildman–Crippen MR) is 82.7 cm³/mol. The number of nitrogens with zero attached hydrogens (tertiary/aromatic N) is 1. The van der Waals surface area contributed by atoms with Gasteiger partial charge in [0.05, 0.1) is 5.41 Å². The van der Waals surface area contributed by atoms with Crippen molar-refractivity contribution in [2.24, 2.45) is 5.41 Å². The lowest BCUT2D eigenvalue weighted by molar-refractivity contribution is -0.152. The van der Waals surface area contributed by atoms with Gasteiger partial charge in [-0.1, -0.05) is 25.1 Å². The van der Waals surface area contributed by atoms with Gasteiger partial charge in [-0.3, -0.25) is 9.69 Å². The molecule has 2 rings (SSSR count). The van der Waals surface area contributed by atoms with E-state index in [1.807, 2.05) is 38.1 Å². The van der Waals surface area contributed by atoms with Crippen molar-refractivity contribution < 1.29 is 14.6 Å². The van der Waals surface area contributed by atoms with Crippen molar-refractivity contribution in [3.8, 4) is 5.75 Å². The van der Waals surface area contributed by atoms with E-state index in [-0.39, 0.29) is 0 Å². The zero-order chi connectivity index (χ0) is 15.3. The van der Waals surface area contributed by atoms with Crippen molar-refractivity contribution >= 4 is 5.97 Å². The van der Waals surface area contributed by atoms with Crippen LogP contribution in [0.25, 0.3) is 0 Å². The summed E-state index contributed by atoms with van der Waals surface area (Å²) in [6.07, 6.45) is 2.20. The summed E-state index contributed by atoms with van der Waals surface area (Å²) in [6, 6.07) is 8.01. The van der Waals surface area contributed by atoms with E-state index in [9.17, 15) is 9.90 Å². The Kier molecular flexibility index (Phi) is 5.23. The molecule has 1 aliphatic heterocycles. The van der Waals surface area contributed by atoms with Crippen LogP contribution in [0.2, 0.25) is 0 Å². The maximum Gasteiger partial charge on any atom is 0.309 e. The maximum absolute atomic E-state index is 11.4. The molecule has 1 aromatic rings. The average molecular weight is 291 g/mol. The number of hydrogen-bond donors (Lipinski definition) is 1. The molecule has 1 aromatic carbocycles. The Morgan fingerprint density at radius 3 is 2.57 bits per heavy atom. The molecule has 0 spiro atoms. The Labute approximate surface area is 126 Å². The molecule has 1 heterocycles. The molecule has 4 nitrogen and oxygen atoms in total.